The number of piperidine rings is 1. The number of hydrogen-bond acceptors (Lipinski definition) is 4. The van der Waals surface area contributed by atoms with Crippen LogP contribution in [0, 0.1) is 11.6 Å². The van der Waals surface area contributed by atoms with Crippen LogP contribution in [0.3, 0.4) is 0 Å². The van der Waals surface area contributed by atoms with Crippen molar-refractivity contribution in [1.82, 2.24) is 29.7 Å². The molecule has 3 amide bonds. The van der Waals surface area contributed by atoms with E-state index in [0.717, 1.165) is 11.6 Å². The van der Waals surface area contributed by atoms with Crippen molar-refractivity contribution in [1.29, 1.82) is 0 Å². The molecule has 0 radical (unpaired) electrons. The number of benzene rings is 2. The lowest BCUT2D eigenvalue weighted by Crippen LogP contribution is -2.51. The number of carbonyl (C=O) groups is 2. The number of nitrogens with one attached hydrogen (secondary N) is 2. The standard InChI is InChI=1S/C31H32F2N6O3/c32-25-9-4-8-24(27(25)33)21-11-12-22(19-38(18-21)29(40)20-6-2-1-3-7-20)35-30(41)37-16-13-23(14-17-37)39-26-10-5-15-34-28(26)36-31(39)42/h1-10,15,21-23H,11-14,16-19H2,(H,35,41)(H,34,36,42)/t21-,22-/m1/s1. The minimum absolute atomic E-state index is 0.0571. The Kier molecular flexibility index (Phi) is 7.73. The lowest BCUT2D eigenvalue weighted by Gasteiger charge is -2.34. The van der Waals surface area contributed by atoms with Crippen molar-refractivity contribution in [3.05, 3.63) is 100 Å². The third kappa shape index (κ3) is 5.50. The van der Waals surface area contributed by atoms with Crippen molar-refractivity contribution in [2.45, 2.75) is 43.7 Å². The van der Waals surface area contributed by atoms with Gasteiger partial charge < -0.3 is 15.1 Å². The number of aromatic nitrogens is 3. The zero-order valence-electron chi connectivity index (χ0n) is 23.0. The molecule has 6 rings (SSSR count). The predicted molar refractivity (Wildman–Crippen MR) is 153 cm³/mol. The molecule has 9 nitrogen and oxygen atoms in total. The summed E-state index contributed by atoms with van der Waals surface area (Å²) in [6.45, 7) is 1.39. The van der Waals surface area contributed by atoms with Gasteiger partial charge >= 0.3 is 11.7 Å². The SMILES string of the molecule is O=C(N[C@@H]1CC[C@@H](c2cccc(F)c2F)CN(C(=O)c2ccccc2)C1)N1CCC(n2c(=O)[nH]c3ncccc32)CC1. The summed E-state index contributed by atoms with van der Waals surface area (Å²) in [5, 5.41) is 3.09. The molecule has 2 aliphatic rings. The van der Waals surface area contributed by atoms with E-state index in [1.54, 1.807) is 57.0 Å². The molecule has 2 saturated heterocycles. The highest BCUT2D eigenvalue weighted by molar-refractivity contribution is 5.94. The molecule has 11 heteroatoms. The Morgan fingerprint density at radius 2 is 1.67 bits per heavy atom. The van der Waals surface area contributed by atoms with Crippen molar-refractivity contribution in [2.24, 2.45) is 0 Å². The molecule has 2 aromatic heterocycles. The minimum atomic E-state index is -0.919. The van der Waals surface area contributed by atoms with Gasteiger partial charge in [-0.3, -0.25) is 14.3 Å². The van der Waals surface area contributed by atoms with E-state index in [-0.39, 0.29) is 48.4 Å². The molecule has 2 atom stereocenters. The van der Waals surface area contributed by atoms with E-state index in [4.69, 9.17) is 0 Å². The molecule has 2 aliphatic heterocycles. The first kappa shape index (κ1) is 27.6. The zero-order chi connectivity index (χ0) is 29.2. The first-order valence-corrected chi connectivity index (χ1v) is 14.3. The van der Waals surface area contributed by atoms with Gasteiger partial charge in [0.25, 0.3) is 5.91 Å². The van der Waals surface area contributed by atoms with Crippen LogP contribution in [0.1, 0.15) is 53.6 Å². The average Bonchev–Trinajstić information content (AvgIpc) is 3.21. The lowest BCUT2D eigenvalue weighted by atomic mass is 9.93. The highest BCUT2D eigenvalue weighted by Crippen LogP contribution is 2.31. The molecule has 2 aromatic carbocycles. The van der Waals surface area contributed by atoms with E-state index >= 15 is 0 Å². The molecule has 0 unspecified atom stereocenters. The van der Waals surface area contributed by atoms with Crippen LogP contribution in [0.2, 0.25) is 0 Å². The number of carbonyl (C=O) groups excluding carboxylic acids is 2. The predicted octanol–water partition coefficient (Wildman–Crippen LogP) is 4.44. The number of imidazole rings is 1. The summed E-state index contributed by atoms with van der Waals surface area (Å²) in [4.78, 5) is 49.8. The summed E-state index contributed by atoms with van der Waals surface area (Å²) in [6, 6.07) is 15.9. The molecule has 0 spiro atoms. The smallest absolute Gasteiger partial charge is 0.327 e. The van der Waals surface area contributed by atoms with Crippen molar-refractivity contribution in [2.75, 3.05) is 26.2 Å². The molecule has 0 saturated carbocycles. The molecular weight excluding hydrogens is 542 g/mol. The van der Waals surface area contributed by atoms with Crippen LogP contribution in [0.25, 0.3) is 11.2 Å². The maximum Gasteiger partial charge on any atom is 0.327 e. The number of H-pyrrole nitrogens is 1. The minimum Gasteiger partial charge on any atom is -0.336 e. The highest BCUT2D eigenvalue weighted by atomic mass is 19.2. The fourth-order valence-electron chi connectivity index (χ4n) is 6.24. The van der Waals surface area contributed by atoms with Crippen LogP contribution in [0.5, 0.6) is 0 Å². The Labute approximate surface area is 241 Å². The Morgan fingerprint density at radius 1 is 0.881 bits per heavy atom. The molecule has 4 heterocycles. The molecule has 4 aromatic rings. The summed E-state index contributed by atoms with van der Waals surface area (Å²) >= 11 is 0. The quantitative estimate of drug-likeness (QED) is 0.376. The largest absolute Gasteiger partial charge is 0.336 e. The van der Waals surface area contributed by atoms with E-state index < -0.39 is 17.6 Å². The number of likely N-dealkylation sites (tertiary alicyclic amines) is 2. The zero-order valence-corrected chi connectivity index (χ0v) is 23.0. The van der Waals surface area contributed by atoms with Crippen molar-refractivity contribution in [3.63, 3.8) is 0 Å². The third-order valence-corrected chi connectivity index (χ3v) is 8.41. The van der Waals surface area contributed by atoms with Gasteiger partial charge in [-0.05, 0) is 61.6 Å². The molecule has 0 aliphatic carbocycles. The van der Waals surface area contributed by atoms with E-state index in [1.807, 2.05) is 12.1 Å². The molecular formula is C31H32F2N6O3. The summed E-state index contributed by atoms with van der Waals surface area (Å²) in [5.74, 6) is -2.46. The van der Waals surface area contributed by atoms with Crippen LogP contribution in [0.15, 0.2) is 71.7 Å². The van der Waals surface area contributed by atoms with Gasteiger partial charge in [0.2, 0.25) is 0 Å². The van der Waals surface area contributed by atoms with Gasteiger partial charge in [-0.25, -0.2) is 23.4 Å². The number of aromatic amines is 1. The topological polar surface area (TPSA) is 103 Å². The Morgan fingerprint density at radius 3 is 2.45 bits per heavy atom. The Hall–Kier alpha value is -4.54. The average molecular weight is 575 g/mol. The van der Waals surface area contributed by atoms with E-state index in [2.05, 4.69) is 15.3 Å². The Balaban J connectivity index is 1.15. The van der Waals surface area contributed by atoms with Gasteiger partial charge in [-0.15, -0.1) is 0 Å². The van der Waals surface area contributed by atoms with Gasteiger partial charge in [0.1, 0.15) is 0 Å². The van der Waals surface area contributed by atoms with Gasteiger partial charge in [0.15, 0.2) is 17.3 Å². The first-order valence-electron chi connectivity index (χ1n) is 14.3. The van der Waals surface area contributed by atoms with Gasteiger partial charge in [0.05, 0.1) is 5.52 Å². The van der Waals surface area contributed by atoms with Crippen LogP contribution in [-0.4, -0.2) is 68.5 Å². The molecule has 42 heavy (non-hydrogen) atoms. The summed E-state index contributed by atoms with van der Waals surface area (Å²) in [5.41, 5.74) is 1.81. The summed E-state index contributed by atoms with van der Waals surface area (Å²) in [7, 11) is 0. The number of halogens is 2. The fourth-order valence-corrected chi connectivity index (χ4v) is 6.24. The number of hydrogen-bond donors (Lipinski definition) is 2. The van der Waals surface area contributed by atoms with E-state index in [0.29, 0.717) is 50.0 Å². The van der Waals surface area contributed by atoms with Crippen molar-refractivity contribution in [3.8, 4) is 0 Å². The van der Waals surface area contributed by atoms with Gasteiger partial charge in [0, 0.05) is 55.9 Å². The monoisotopic (exact) mass is 574 g/mol. The summed E-state index contributed by atoms with van der Waals surface area (Å²) in [6.07, 6.45) is 3.83. The summed E-state index contributed by atoms with van der Waals surface area (Å²) < 4.78 is 30.6. The number of rotatable bonds is 4. The second-order valence-corrected chi connectivity index (χ2v) is 11.0. The lowest BCUT2D eigenvalue weighted by molar-refractivity contribution is 0.0740. The van der Waals surface area contributed by atoms with E-state index in [1.165, 1.54) is 6.07 Å². The second-order valence-electron chi connectivity index (χ2n) is 11.0. The van der Waals surface area contributed by atoms with Crippen LogP contribution in [-0.2, 0) is 0 Å². The maximum atomic E-state index is 14.8. The van der Waals surface area contributed by atoms with Gasteiger partial charge in [-0.1, -0.05) is 30.3 Å². The number of urea groups is 1. The van der Waals surface area contributed by atoms with Crippen LogP contribution in [0.4, 0.5) is 13.6 Å². The molecule has 218 valence electrons. The van der Waals surface area contributed by atoms with Crippen molar-refractivity contribution >= 4 is 23.1 Å². The number of nitrogens with zero attached hydrogens (tertiary/aromatic N) is 4. The normalized spacial score (nSPS) is 20.0. The third-order valence-electron chi connectivity index (χ3n) is 8.41. The highest BCUT2D eigenvalue weighted by Gasteiger charge is 2.33. The number of pyridine rings is 1. The maximum absolute atomic E-state index is 14.8. The van der Waals surface area contributed by atoms with Crippen molar-refractivity contribution < 1.29 is 18.4 Å². The molecule has 2 fully saturated rings. The van der Waals surface area contributed by atoms with Crippen LogP contribution < -0.4 is 11.0 Å². The van der Waals surface area contributed by atoms with Crippen LogP contribution >= 0.6 is 0 Å². The van der Waals surface area contributed by atoms with Gasteiger partial charge in [-0.2, -0.15) is 0 Å². The Bertz CT molecular complexity index is 1650. The number of amides is 3. The number of fused-ring (bicyclic) bond motifs is 1. The second kappa shape index (κ2) is 11.8. The molecule has 2 N–H and O–H groups in total. The molecule has 0 bridgehead atoms. The van der Waals surface area contributed by atoms with E-state index in [9.17, 15) is 23.2 Å². The fraction of sp³-hybridized carbons (Fsp3) is 0.355. The first-order chi connectivity index (χ1) is 20.4.